The van der Waals surface area contributed by atoms with Gasteiger partial charge in [-0.15, -0.1) is 0 Å². The molecule has 3 heteroatoms. The van der Waals surface area contributed by atoms with Crippen molar-refractivity contribution in [1.82, 2.24) is 0 Å². The number of hydrogen-bond donors (Lipinski definition) is 2. The molecule has 1 aromatic rings. The summed E-state index contributed by atoms with van der Waals surface area (Å²) in [6.07, 6.45) is 4.08. The van der Waals surface area contributed by atoms with Crippen LogP contribution in [-0.4, -0.2) is 10.9 Å². The Kier molecular flexibility index (Phi) is 2.95. The first-order valence-corrected chi connectivity index (χ1v) is 5.45. The third-order valence-electron chi connectivity index (χ3n) is 2.72. The molecule has 0 amide bonds. The van der Waals surface area contributed by atoms with Gasteiger partial charge in [0.1, 0.15) is 5.75 Å². The number of nitrogens with one attached hydrogen (secondary N) is 1. The van der Waals surface area contributed by atoms with E-state index in [0.717, 1.165) is 29.8 Å². The highest BCUT2D eigenvalue weighted by molar-refractivity contribution is 5.91. The fraction of sp³-hybridized carbons (Fsp3) is 0.308. The highest BCUT2D eigenvalue weighted by atomic mass is 16.3. The van der Waals surface area contributed by atoms with Crippen molar-refractivity contribution in [2.24, 2.45) is 0 Å². The zero-order valence-corrected chi connectivity index (χ0v) is 9.29. The Labute approximate surface area is 94.8 Å². The second kappa shape index (κ2) is 4.39. The molecule has 0 bridgehead atoms. The molecule has 2 N–H and O–H groups in total. The maximum Gasteiger partial charge on any atom is 0.157 e. The Hall–Kier alpha value is -1.77. The van der Waals surface area contributed by atoms with Gasteiger partial charge in [-0.2, -0.15) is 0 Å². The van der Waals surface area contributed by atoms with E-state index >= 15 is 0 Å². The zero-order chi connectivity index (χ0) is 11.5. The number of anilines is 1. The predicted octanol–water partition coefficient (Wildman–Crippen LogP) is 2.75. The van der Waals surface area contributed by atoms with E-state index < -0.39 is 0 Å². The molecule has 0 saturated carbocycles. The fourth-order valence-corrected chi connectivity index (χ4v) is 1.76. The summed E-state index contributed by atoms with van der Waals surface area (Å²) in [7, 11) is 0. The van der Waals surface area contributed by atoms with Gasteiger partial charge in [-0.25, -0.2) is 0 Å². The fourth-order valence-electron chi connectivity index (χ4n) is 1.76. The highest BCUT2D eigenvalue weighted by Crippen LogP contribution is 2.24. The molecule has 0 unspecified atom stereocenters. The largest absolute Gasteiger partial charge is 0.508 e. The lowest BCUT2D eigenvalue weighted by atomic mass is 10.0. The van der Waals surface area contributed by atoms with Crippen LogP contribution in [0.2, 0.25) is 0 Å². The molecule has 0 aromatic heterocycles. The average molecular weight is 217 g/mol. The van der Waals surface area contributed by atoms with Crippen molar-refractivity contribution in [1.29, 1.82) is 0 Å². The monoisotopic (exact) mass is 217 g/mol. The molecule has 1 aromatic carbocycles. The summed E-state index contributed by atoms with van der Waals surface area (Å²) in [5.74, 6) is 0.442. The van der Waals surface area contributed by atoms with E-state index in [4.69, 9.17) is 0 Å². The molecule has 0 radical (unpaired) electrons. The van der Waals surface area contributed by atoms with Gasteiger partial charge in [-0.1, -0.05) is 6.07 Å². The number of aromatic hydroxyl groups is 1. The summed E-state index contributed by atoms with van der Waals surface area (Å²) in [4.78, 5) is 11.2. The number of allylic oxidation sites excluding steroid dienone is 2. The molecule has 1 aliphatic rings. The maximum atomic E-state index is 11.2. The lowest BCUT2D eigenvalue weighted by Gasteiger charge is -2.14. The molecular weight excluding hydrogens is 202 g/mol. The van der Waals surface area contributed by atoms with Gasteiger partial charge < -0.3 is 10.4 Å². The van der Waals surface area contributed by atoms with Gasteiger partial charge in [0.05, 0.1) is 0 Å². The first kappa shape index (κ1) is 10.7. The van der Waals surface area contributed by atoms with Gasteiger partial charge in [0, 0.05) is 29.9 Å². The zero-order valence-electron chi connectivity index (χ0n) is 9.29. The molecule has 2 rings (SSSR count). The minimum Gasteiger partial charge on any atom is -0.508 e. The first-order chi connectivity index (χ1) is 7.65. The normalized spacial score (nSPS) is 15.8. The number of carbonyl (C=O) groups is 1. The number of hydrogen-bond acceptors (Lipinski definition) is 3. The minimum atomic E-state index is 0.171. The van der Waals surface area contributed by atoms with Crippen molar-refractivity contribution in [2.45, 2.75) is 26.2 Å². The quantitative estimate of drug-likeness (QED) is 0.800. The summed E-state index contributed by atoms with van der Waals surface area (Å²) < 4.78 is 0. The number of rotatable bonds is 2. The molecule has 3 nitrogen and oxygen atoms in total. The van der Waals surface area contributed by atoms with Gasteiger partial charge in [0.25, 0.3) is 0 Å². The van der Waals surface area contributed by atoms with Crippen LogP contribution in [0, 0.1) is 6.92 Å². The van der Waals surface area contributed by atoms with Crippen LogP contribution in [-0.2, 0) is 4.79 Å². The number of aryl methyl sites for hydroxylation is 1. The van der Waals surface area contributed by atoms with Crippen molar-refractivity contribution in [3.63, 3.8) is 0 Å². The lowest BCUT2D eigenvalue weighted by molar-refractivity contribution is -0.115. The molecule has 0 aliphatic heterocycles. The van der Waals surface area contributed by atoms with E-state index in [9.17, 15) is 9.90 Å². The maximum absolute atomic E-state index is 11.2. The molecule has 0 atom stereocenters. The van der Waals surface area contributed by atoms with E-state index in [0.29, 0.717) is 6.42 Å². The Balaban J connectivity index is 2.14. The van der Waals surface area contributed by atoms with Crippen LogP contribution in [0.25, 0.3) is 0 Å². The van der Waals surface area contributed by atoms with Crippen molar-refractivity contribution < 1.29 is 9.90 Å². The molecule has 84 valence electrons. The molecular formula is C13H15NO2. The summed E-state index contributed by atoms with van der Waals surface area (Å²) in [5, 5.41) is 12.7. The second-order valence-corrected chi connectivity index (χ2v) is 4.12. The Bertz CT molecular complexity index is 449. The number of ketones is 1. The van der Waals surface area contributed by atoms with E-state index in [-0.39, 0.29) is 11.5 Å². The summed E-state index contributed by atoms with van der Waals surface area (Å²) >= 11 is 0. The number of phenols is 1. The van der Waals surface area contributed by atoms with Gasteiger partial charge >= 0.3 is 0 Å². The van der Waals surface area contributed by atoms with Crippen molar-refractivity contribution in [2.75, 3.05) is 5.32 Å². The number of benzene rings is 1. The van der Waals surface area contributed by atoms with Crippen molar-refractivity contribution in [3.05, 3.63) is 35.5 Å². The van der Waals surface area contributed by atoms with Crippen LogP contribution in [0.3, 0.4) is 0 Å². The molecule has 0 spiro atoms. The van der Waals surface area contributed by atoms with E-state index in [1.807, 2.05) is 19.1 Å². The van der Waals surface area contributed by atoms with E-state index in [2.05, 4.69) is 5.32 Å². The summed E-state index contributed by atoms with van der Waals surface area (Å²) in [6.45, 7) is 1.85. The average Bonchev–Trinajstić information content (AvgIpc) is 2.24. The Morgan fingerprint density at radius 2 is 2.12 bits per heavy atom. The SMILES string of the molecule is Cc1ccc(NC2=CC(=O)CCC2)cc1O. The van der Waals surface area contributed by atoms with Crippen LogP contribution in [0.4, 0.5) is 5.69 Å². The smallest absolute Gasteiger partial charge is 0.157 e. The molecule has 16 heavy (non-hydrogen) atoms. The highest BCUT2D eigenvalue weighted by Gasteiger charge is 2.10. The lowest BCUT2D eigenvalue weighted by Crippen LogP contribution is -2.09. The number of phenolic OH excluding ortho intramolecular Hbond substituents is 1. The predicted molar refractivity (Wildman–Crippen MR) is 63.4 cm³/mol. The van der Waals surface area contributed by atoms with Crippen LogP contribution >= 0.6 is 0 Å². The van der Waals surface area contributed by atoms with Gasteiger partial charge in [-0.3, -0.25) is 4.79 Å². The summed E-state index contributed by atoms with van der Waals surface area (Å²) in [6, 6.07) is 5.42. The summed E-state index contributed by atoms with van der Waals surface area (Å²) in [5.41, 5.74) is 2.60. The van der Waals surface area contributed by atoms with E-state index in [1.165, 1.54) is 0 Å². The van der Waals surface area contributed by atoms with Crippen LogP contribution < -0.4 is 5.32 Å². The van der Waals surface area contributed by atoms with Gasteiger partial charge in [-0.05, 0) is 31.4 Å². The van der Waals surface area contributed by atoms with Crippen molar-refractivity contribution in [3.8, 4) is 5.75 Å². The van der Waals surface area contributed by atoms with Gasteiger partial charge in [0.15, 0.2) is 5.78 Å². The third-order valence-corrected chi connectivity index (χ3v) is 2.72. The minimum absolute atomic E-state index is 0.171. The Morgan fingerprint density at radius 1 is 1.31 bits per heavy atom. The van der Waals surface area contributed by atoms with Crippen LogP contribution in [0.5, 0.6) is 5.75 Å². The Morgan fingerprint density at radius 3 is 2.81 bits per heavy atom. The van der Waals surface area contributed by atoms with E-state index in [1.54, 1.807) is 12.1 Å². The van der Waals surface area contributed by atoms with Crippen LogP contribution in [0.1, 0.15) is 24.8 Å². The molecule has 0 saturated heterocycles. The van der Waals surface area contributed by atoms with Crippen molar-refractivity contribution >= 4 is 11.5 Å². The third kappa shape index (κ3) is 2.42. The topological polar surface area (TPSA) is 49.3 Å². The molecule has 1 aliphatic carbocycles. The standard InChI is InChI=1S/C13H15NO2/c1-9-5-6-11(8-13(9)16)14-10-3-2-4-12(15)7-10/h5-8,14,16H,2-4H2,1H3. The molecule has 0 fully saturated rings. The second-order valence-electron chi connectivity index (χ2n) is 4.12. The first-order valence-electron chi connectivity index (χ1n) is 5.45. The molecule has 0 heterocycles. The number of carbonyl (C=O) groups excluding carboxylic acids is 1. The van der Waals surface area contributed by atoms with Gasteiger partial charge in [0.2, 0.25) is 0 Å². The van der Waals surface area contributed by atoms with Crippen LogP contribution in [0.15, 0.2) is 30.0 Å².